The molecular formula is C14H23N3O3S. The number of ether oxygens (including phenoxy) is 1. The van der Waals surface area contributed by atoms with Gasteiger partial charge >= 0.3 is 0 Å². The van der Waals surface area contributed by atoms with Crippen LogP contribution in [0.15, 0.2) is 23.4 Å². The van der Waals surface area contributed by atoms with Crippen LogP contribution in [0.25, 0.3) is 0 Å². The number of hydrogen-bond donors (Lipinski definition) is 2. The van der Waals surface area contributed by atoms with E-state index in [0.29, 0.717) is 24.9 Å². The van der Waals surface area contributed by atoms with Gasteiger partial charge in [-0.15, -0.1) is 0 Å². The summed E-state index contributed by atoms with van der Waals surface area (Å²) in [4.78, 5) is 3.97. The first-order chi connectivity index (χ1) is 10.1. The molecule has 1 aromatic heterocycles. The van der Waals surface area contributed by atoms with E-state index in [1.807, 2.05) is 6.92 Å². The summed E-state index contributed by atoms with van der Waals surface area (Å²) in [5.74, 6) is 0. The van der Waals surface area contributed by atoms with Crippen molar-refractivity contribution in [3.05, 3.63) is 18.3 Å². The first-order valence-corrected chi connectivity index (χ1v) is 8.92. The van der Waals surface area contributed by atoms with Crippen LogP contribution in [0.5, 0.6) is 0 Å². The van der Waals surface area contributed by atoms with Gasteiger partial charge in [0.05, 0.1) is 18.4 Å². The SMILES string of the molecule is CCNc1cccnc1S(=O)(=O)NCCOC1CCCC1. The molecule has 1 saturated carbocycles. The van der Waals surface area contributed by atoms with E-state index in [1.54, 1.807) is 12.1 Å². The summed E-state index contributed by atoms with van der Waals surface area (Å²) >= 11 is 0. The molecule has 0 amide bonds. The van der Waals surface area contributed by atoms with Crippen LogP contribution < -0.4 is 10.0 Å². The van der Waals surface area contributed by atoms with Gasteiger partial charge < -0.3 is 10.1 Å². The number of nitrogens with one attached hydrogen (secondary N) is 2. The Balaban J connectivity index is 1.88. The van der Waals surface area contributed by atoms with E-state index in [2.05, 4.69) is 15.0 Å². The van der Waals surface area contributed by atoms with E-state index in [4.69, 9.17) is 4.74 Å². The summed E-state index contributed by atoms with van der Waals surface area (Å²) in [6.45, 7) is 3.21. The van der Waals surface area contributed by atoms with Crippen molar-refractivity contribution in [1.29, 1.82) is 0 Å². The van der Waals surface area contributed by atoms with E-state index in [1.165, 1.54) is 19.0 Å². The molecule has 0 aliphatic heterocycles. The lowest BCUT2D eigenvalue weighted by Gasteiger charge is -2.13. The first kappa shape index (κ1) is 16.2. The zero-order valence-electron chi connectivity index (χ0n) is 12.3. The van der Waals surface area contributed by atoms with E-state index < -0.39 is 10.0 Å². The third kappa shape index (κ3) is 4.66. The van der Waals surface area contributed by atoms with Gasteiger partial charge in [-0.25, -0.2) is 18.1 Å². The highest BCUT2D eigenvalue weighted by Gasteiger charge is 2.20. The molecule has 2 N–H and O–H groups in total. The number of nitrogens with zero attached hydrogens (tertiary/aromatic N) is 1. The van der Waals surface area contributed by atoms with Crippen LogP contribution in [0.3, 0.4) is 0 Å². The second-order valence-corrected chi connectivity index (χ2v) is 6.74. The standard InChI is InChI=1S/C14H23N3O3S/c1-2-15-13-8-5-9-16-14(13)21(18,19)17-10-11-20-12-6-3-4-7-12/h5,8-9,12,15,17H,2-4,6-7,10-11H2,1H3. The molecule has 1 fully saturated rings. The zero-order chi connectivity index (χ0) is 15.1. The Labute approximate surface area is 126 Å². The fourth-order valence-corrected chi connectivity index (χ4v) is 3.57. The minimum Gasteiger partial charge on any atom is -0.383 e. The number of rotatable bonds is 8. The van der Waals surface area contributed by atoms with Gasteiger partial charge in [0.1, 0.15) is 0 Å². The van der Waals surface area contributed by atoms with Crippen LogP contribution in [0, 0.1) is 0 Å². The number of anilines is 1. The predicted molar refractivity (Wildman–Crippen MR) is 81.8 cm³/mol. The molecule has 118 valence electrons. The Morgan fingerprint density at radius 2 is 2.14 bits per heavy atom. The van der Waals surface area contributed by atoms with Crippen molar-refractivity contribution in [3.63, 3.8) is 0 Å². The van der Waals surface area contributed by atoms with Gasteiger partial charge in [-0.05, 0) is 31.9 Å². The molecule has 0 atom stereocenters. The molecule has 0 saturated heterocycles. The molecule has 2 rings (SSSR count). The summed E-state index contributed by atoms with van der Waals surface area (Å²) in [7, 11) is -3.61. The summed E-state index contributed by atoms with van der Waals surface area (Å²) < 4.78 is 32.7. The van der Waals surface area contributed by atoms with Crippen LogP contribution in [0.1, 0.15) is 32.6 Å². The van der Waals surface area contributed by atoms with Gasteiger partial charge in [0.25, 0.3) is 10.0 Å². The van der Waals surface area contributed by atoms with E-state index >= 15 is 0 Å². The molecule has 1 aliphatic rings. The Morgan fingerprint density at radius 3 is 2.86 bits per heavy atom. The Kier molecular flexibility index (Phi) is 5.96. The predicted octanol–water partition coefficient (Wildman–Crippen LogP) is 1.75. The number of aromatic nitrogens is 1. The topological polar surface area (TPSA) is 80.3 Å². The lowest BCUT2D eigenvalue weighted by molar-refractivity contribution is 0.0626. The molecule has 0 radical (unpaired) electrons. The van der Waals surface area contributed by atoms with Gasteiger partial charge in [0, 0.05) is 19.3 Å². The van der Waals surface area contributed by atoms with E-state index in [9.17, 15) is 8.42 Å². The summed E-state index contributed by atoms with van der Waals surface area (Å²) in [5, 5.41) is 3.04. The van der Waals surface area contributed by atoms with E-state index in [-0.39, 0.29) is 11.6 Å². The smallest absolute Gasteiger partial charge is 0.260 e. The molecule has 1 heterocycles. The fraction of sp³-hybridized carbons (Fsp3) is 0.643. The van der Waals surface area contributed by atoms with Crippen molar-refractivity contribution < 1.29 is 13.2 Å². The second kappa shape index (κ2) is 7.72. The molecule has 0 spiro atoms. The average Bonchev–Trinajstić information content (AvgIpc) is 2.98. The van der Waals surface area contributed by atoms with Crippen molar-refractivity contribution in [3.8, 4) is 0 Å². The molecular weight excluding hydrogens is 290 g/mol. The van der Waals surface area contributed by atoms with Crippen molar-refractivity contribution >= 4 is 15.7 Å². The molecule has 0 aromatic carbocycles. The van der Waals surface area contributed by atoms with Crippen LogP contribution in [0.4, 0.5) is 5.69 Å². The van der Waals surface area contributed by atoms with Crippen LogP contribution in [-0.2, 0) is 14.8 Å². The maximum absolute atomic E-state index is 12.3. The van der Waals surface area contributed by atoms with Crippen molar-refractivity contribution in [2.75, 3.05) is 25.0 Å². The molecule has 1 aromatic rings. The third-order valence-electron chi connectivity index (χ3n) is 3.44. The van der Waals surface area contributed by atoms with Gasteiger partial charge in [-0.3, -0.25) is 0 Å². The van der Waals surface area contributed by atoms with Crippen molar-refractivity contribution in [1.82, 2.24) is 9.71 Å². The highest BCUT2D eigenvalue weighted by atomic mass is 32.2. The first-order valence-electron chi connectivity index (χ1n) is 7.43. The number of hydrogen-bond acceptors (Lipinski definition) is 5. The number of sulfonamides is 1. The summed E-state index contributed by atoms with van der Waals surface area (Å²) in [6, 6.07) is 3.42. The summed E-state index contributed by atoms with van der Waals surface area (Å²) in [5.41, 5.74) is 0.518. The Morgan fingerprint density at radius 1 is 1.38 bits per heavy atom. The zero-order valence-corrected chi connectivity index (χ0v) is 13.2. The fourth-order valence-electron chi connectivity index (χ4n) is 2.45. The van der Waals surface area contributed by atoms with E-state index in [0.717, 1.165) is 12.8 Å². The molecule has 21 heavy (non-hydrogen) atoms. The van der Waals surface area contributed by atoms with Crippen molar-refractivity contribution in [2.45, 2.75) is 43.7 Å². The number of pyridine rings is 1. The van der Waals surface area contributed by atoms with Gasteiger partial charge in [0.15, 0.2) is 5.03 Å². The Bertz CT molecular complexity index is 542. The van der Waals surface area contributed by atoms with Gasteiger partial charge in [0.2, 0.25) is 0 Å². The highest BCUT2D eigenvalue weighted by Crippen LogP contribution is 2.20. The molecule has 6 nitrogen and oxygen atoms in total. The quantitative estimate of drug-likeness (QED) is 0.715. The minimum atomic E-state index is -3.61. The molecule has 7 heteroatoms. The highest BCUT2D eigenvalue weighted by molar-refractivity contribution is 7.89. The van der Waals surface area contributed by atoms with Crippen molar-refractivity contribution in [2.24, 2.45) is 0 Å². The van der Waals surface area contributed by atoms with Crippen LogP contribution >= 0.6 is 0 Å². The molecule has 0 bridgehead atoms. The average molecular weight is 313 g/mol. The van der Waals surface area contributed by atoms with Crippen LogP contribution in [0.2, 0.25) is 0 Å². The maximum Gasteiger partial charge on any atom is 0.260 e. The molecule has 0 unspecified atom stereocenters. The Hall–Kier alpha value is -1.18. The maximum atomic E-state index is 12.3. The monoisotopic (exact) mass is 313 g/mol. The van der Waals surface area contributed by atoms with Gasteiger partial charge in [-0.1, -0.05) is 12.8 Å². The molecule has 1 aliphatic carbocycles. The largest absolute Gasteiger partial charge is 0.383 e. The van der Waals surface area contributed by atoms with Crippen LogP contribution in [-0.4, -0.2) is 39.2 Å². The normalized spacial score (nSPS) is 16.2. The third-order valence-corrected chi connectivity index (χ3v) is 4.86. The lowest BCUT2D eigenvalue weighted by atomic mass is 10.3. The van der Waals surface area contributed by atoms with Gasteiger partial charge in [-0.2, -0.15) is 0 Å². The minimum absolute atomic E-state index is 0.0349. The summed E-state index contributed by atoms with van der Waals surface area (Å²) in [6.07, 6.45) is 6.34. The lowest BCUT2D eigenvalue weighted by Crippen LogP contribution is -2.29. The second-order valence-electron chi connectivity index (χ2n) is 5.06.